The Morgan fingerprint density at radius 3 is 2.52 bits per heavy atom. The van der Waals surface area contributed by atoms with Gasteiger partial charge < -0.3 is 26.9 Å². The van der Waals surface area contributed by atoms with Gasteiger partial charge in [0.1, 0.15) is 12.2 Å². The van der Waals surface area contributed by atoms with Crippen molar-refractivity contribution >= 4 is 29.8 Å². The van der Waals surface area contributed by atoms with Crippen LogP contribution >= 0.6 is 0 Å². The van der Waals surface area contributed by atoms with Gasteiger partial charge in [-0.1, -0.05) is 6.07 Å². The molecule has 0 radical (unpaired) electrons. The van der Waals surface area contributed by atoms with Gasteiger partial charge in [0.25, 0.3) is 5.91 Å². The van der Waals surface area contributed by atoms with Crippen molar-refractivity contribution in [1.82, 2.24) is 10.6 Å². The SMILES string of the molecule is NN=CNc1cccc(C(=O)NCC(=O)NC(CC(=O)O)c2cc(F)cc(C(F)(F)F)c2)c1. The van der Waals surface area contributed by atoms with Gasteiger partial charge in [-0.2, -0.15) is 18.3 Å². The lowest BCUT2D eigenvalue weighted by Gasteiger charge is -2.19. The number of hydrogen-bond donors (Lipinski definition) is 5. The third-order valence-electron chi connectivity index (χ3n) is 4.20. The Kier molecular flexibility index (Phi) is 8.31. The molecule has 13 heteroatoms. The highest BCUT2D eigenvalue weighted by Gasteiger charge is 2.32. The number of benzene rings is 2. The summed E-state index contributed by atoms with van der Waals surface area (Å²) in [6.45, 7) is -0.613. The average Bonchev–Trinajstić information content (AvgIpc) is 2.74. The highest BCUT2D eigenvalue weighted by molar-refractivity contribution is 5.97. The molecule has 0 aliphatic rings. The molecule has 0 fully saturated rings. The molecule has 0 aliphatic carbocycles. The number of alkyl halides is 3. The molecule has 0 saturated carbocycles. The molecule has 2 aromatic carbocycles. The predicted molar refractivity (Wildman–Crippen MR) is 110 cm³/mol. The summed E-state index contributed by atoms with van der Waals surface area (Å²) in [6.07, 6.45) is -4.50. The maximum Gasteiger partial charge on any atom is 0.416 e. The molecule has 1 atom stereocenters. The lowest BCUT2D eigenvalue weighted by Crippen LogP contribution is -2.39. The van der Waals surface area contributed by atoms with E-state index < -0.39 is 54.3 Å². The van der Waals surface area contributed by atoms with E-state index in [9.17, 15) is 31.9 Å². The molecule has 9 nitrogen and oxygen atoms in total. The highest BCUT2D eigenvalue weighted by Crippen LogP contribution is 2.32. The number of halogens is 4. The van der Waals surface area contributed by atoms with Gasteiger partial charge >= 0.3 is 12.1 Å². The summed E-state index contributed by atoms with van der Waals surface area (Å²) in [4.78, 5) is 35.6. The van der Waals surface area contributed by atoms with Crippen LogP contribution in [-0.4, -0.2) is 35.8 Å². The second kappa shape index (κ2) is 10.9. The van der Waals surface area contributed by atoms with Gasteiger partial charge in [-0.05, 0) is 42.0 Å². The smallest absolute Gasteiger partial charge is 0.416 e. The number of carbonyl (C=O) groups excluding carboxylic acids is 2. The van der Waals surface area contributed by atoms with E-state index in [1.54, 1.807) is 12.1 Å². The van der Waals surface area contributed by atoms with Gasteiger partial charge in [0, 0.05) is 11.3 Å². The average molecular weight is 469 g/mol. The summed E-state index contributed by atoms with van der Waals surface area (Å²) in [7, 11) is 0. The zero-order chi connectivity index (χ0) is 24.6. The van der Waals surface area contributed by atoms with E-state index in [0.717, 1.165) is 0 Å². The fourth-order valence-electron chi connectivity index (χ4n) is 2.77. The van der Waals surface area contributed by atoms with Crippen molar-refractivity contribution in [2.45, 2.75) is 18.6 Å². The summed E-state index contributed by atoms with van der Waals surface area (Å²) in [5, 5.41) is 19.5. The number of nitrogens with zero attached hydrogens (tertiary/aromatic N) is 1. The third kappa shape index (κ3) is 7.79. The Hall–Kier alpha value is -4.16. The first-order chi connectivity index (χ1) is 15.5. The molecule has 0 aliphatic heterocycles. The van der Waals surface area contributed by atoms with Crippen molar-refractivity contribution in [3.63, 3.8) is 0 Å². The largest absolute Gasteiger partial charge is 0.481 e. The minimum absolute atomic E-state index is 0.167. The fourth-order valence-corrected chi connectivity index (χ4v) is 2.77. The fraction of sp³-hybridized carbons (Fsp3) is 0.200. The Labute approximate surface area is 184 Å². The zero-order valence-electron chi connectivity index (χ0n) is 16.8. The van der Waals surface area contributed by atoms with E-state index in [-0.39, 0.29) is 17.2 Å². The van der Waals surface area contributed by atoms with Crippen LogP contribution in [0.1, 0.15) is 33.9 Å². The summed E-state index contributed by atoms with van der Waals surface area (Å²) in [5.74, 6) is 0.747. The number of aliphatic carboxylic acids is 1. The van der Waals surface area contributed by atoms with Gasteiger partial charge in [0.15, 0.2) is 0 Å². The molecule has 2 amide bonds. The number of amides is 2. The molecule has 2 aromatic rings. The number of carbonyl (C=O) groups is 3. The van der Waals surface area contributed by atoms with Crippen molar-refractivity contribution in [3.8, 4) is 0 Å². The molecule has 6 N–H and O–H groups in total. The van der Waals surface area contributed by atoms with Gasteiger partial charge in [-0.15, -0.1) is 0 Å². The lowest BCUT2D eigenvalue weighted by molar-refractivity contribution is -0.138. The Morgan fingerprint density at radius 2 is 1.88 bits per heavy atom. The van der Waals surface area contributed by atoms with E-state index >= 15 is 0 Å². The van der Waals surface area contributed by atoms with E-state index in [1.807, 2.05) is 0 Å². The number of nitrogens with two attached hydrogens (primary N) is 1. The maximum absolute atomic E-state index is 13.7. The van der Waals surface area contributed by atoms with Crippen molar-refractivity contribution in [3.05, 3.63) is 65.0 Å². The topological polar surface area (TPSA) is 146 Å². The Bertz CT molecular complexity index is 1060. The van der Waals surface area contributed by atoms with Crippen LogP contribution in [0.2, 0.25) is 0 Å². The standard InChI is InChI=1S/C20H19F4N5O4/c21-14-5-12(4-13(7-14)20(22,23)24)16(8-18(31)32)29-17(30)9-26-19(33)11-2-1-3-15(6-11)27-10-28-25/h1-7,10,16H,8-9,25H2,(H,26,33)(H,27,28)(H,29,30)(H,31,32). The number of anilines is 1. The van der Waals surface area contributed by atoms with Crippen LogP contribution in [0.5, 0.6) is 0 Å². The second-order valence-electron chi connectivity index (χ2n) is 6.67. The summed E-state index contributed by atoms with van der Waals surface area (Å²) in [6, 6.07) is 6.11. The van der Waals surface area contributed by atoms with Gasteiger partial charge in [-0.3, -0.25) is 14.4 Å². The maximum atomic E-state index is 13.7. The van der Waals surface area contributed by atoms with Crippen LogP contribution in [-0.2, 0) is 15.8 Å². The third-order valence-corrected chi connectivity index (χ3v) is 4.20. The minimum atomic E-state index is -4.87. The van der Waals surface area contributed by atoms with Crippen molar-refractivity contribution in [2.24, 2.45) is 10.9 Å². The first kappa shape index (κ1) is 25.1. The monoisotopic (exact) mass is 469 g/mol. The molecule has 2 rings (SSSR count). The van der Waals surface area contributed by atoms with Crippen molar-refractivity contribution in [1.29, 1.82) is 0 Å². The van der Waals surface area contributed by atoms with Gasteiger partial charge in [0.2, 0.25) is 5.91 Å². The van der Waals surface area contributed by atoms with Crippen LogP contribution in [0.15, 0.2) is 47.6 Å². The normalized spacial score (nSPS) is 12.2. The Morgan fingerprint density at radius 1 is 1.15 bits per heavy atom. The summed E-state index contributed by atoms with van der Waals surface area (Å²) < 4.78 is 52.6. The highest BCUT2D eigenvalue weighted by atomic mass is 19.4. The number of carboxylic acid groups (broad SMARTS) is 1. The summed E-state index contributed by atoms with van der Waals surface area (Å²) in [5.41, 5.74) is -1.07. The first-order valence-corrected chi connectivity index (χ1v) is 9.25. The van der Waals surface area contributed by atoms with Crippen LogP contribution in [0.25, 0.3) is 0 Å². The lowest BCUT2D eigenvalue weighted by atomic mass is 10.0. The van der Waals surface area contributed by atoms with Crippen LogP contribution in [0.4, 0.5) is 23.2 Å². The number of nitrogens with one attached hydrogen (secondary N) is 3. The molecule has 0 bridgehead atoms. The zero-order valence-corrected chi connectivity index (χ0v) is 16.8. The Balaban J connectivity index is 2.10. The summed E-state index contributed by atoms with van der Waals surface area (Å²) >= 11 is 0. The molecular weight excluding hydrogens is 450 g/mol. The minimum Gasteiger partial charge on any atom is -0.481 e. The van der Waals surface area contributed by atoms with Gasteiger partial charge in [-0.25, -0.2) is 4.39 Å². The number of hydrazone groups is 1. The van der Waals surface area contributed by atoms with Crippen molar-refractivity contribution < 1.29 is 37.1 Å². The van der Waals surface area contributed by atoms with Gasteiger partial charge in [0.05, 0.1) is 24.6 Å². The number of carboxylic acids is 1. The molecular formula is C20H19F4N5O4. The molecule has 0 spiro atoms. The molecule has 0 saturated heterocycles. The first-order valence-electron chi connectivity index (χ1n) is 9.25. The number of hydrogen-bond acceptors (Lipinski definition) is 5. The predicted octanol–water partition coefficient (Wildman–Crippen LogP) is 2.22. The van der Waals surface area contributed by atoms with E-state index in [4.69, 9.17) is 10.9 Å². The molecule has 1 unspecified atom stereocenters. The molecule has 0 aromatic heterocycles. The van der Waals surface area contributed by atoms with E-state index in [2.05, 4.69) is 21.1 Å². The van der Waals surface area contributed by atoms with E-state index in [1.165, 1.54) is 18.5 Å². The van der Waals surface area contributed by atoms with Crippen LogP contribution in [0, 0.1) is 5.82 Å². The molecule has 176 valence electrons. The van der Waals surface area contributed by atoms with Crippen LogP contribution < -0.4 is 21.8 Å². The number of rotatable bonds is 9. The molecule has 0 heterocycles. The second-order valence-corrected chi connectivity index (χ2v) is 6.67. The van der Waals surface area contributed by atoms with E-state index in [0.29, 0.717) is 17.8 Å². The molecule has 33 heavy (non-hydrogen) atoms. The van der Waals surface area contributed by atoms with Crippen molar-refractivity contribution in [2.75, 3.05) is 11.9 Å². The quantitative estimate of drug-likeness (QED) is 0.125. The van der Waals surface area contributed by atoms with Crippen LogP contribution in [0.3, 0.4) is 0 Å².